The Morgan fingerprint density at radius 1 is 0.952 bits per heavy atom. The highest BCUT2D eigenvalue weighted by Gasteiger charge is 2.13. The van der Waals surface area contributed by atoms with E-state index in [4.69, 9.17) is 9.47 Å². The largest absolute Gasteiger partial charge is 0.382 e. The van der Waals surface area contributed by atoms with Gasteiger partial charge in [-0.1, -0.05) is 12.1 Å². The van der Waals surface area contributed by atoms with Crippen LogP contribution >= 0.6 is 0 Å². The van der Waals surface area contributed by atoms with Crippen LogP contribution in [0.25, 0.3) is 0 Å². The van der Waals surface area contributed by atoms with Crippen LogP contribution in [0.3, 0.4) is 0 Å². The Balaban J connectivity index is 1.50. The first kappa shape index (κ1) is 14.8. The molecule has 0 saturated carbocycles. The summed E-state index contributed by atoms with van der Waals surface area (Å²) in [5, 5.41) is 3.64. The zero-order valence-electron chi connectivity index (χ0n) is 12.7. The Morgan fingerprint density at radius 3 is 2.52 bits per heavy atom. The molecule has 0 radical (unpaired) electrons. The molecular weight excluding hydrogens is 264 g/mol. The molecule has 1 atom stereocenters. The third-order valence-electron chi connectivity index (χ3n) is 4.29. The number of hydrogen-bond acceptors (Lipinski definition) is 4. The average molecular weight is 290 g/mol. The minimum absolute atomic E-state index is 0.553. The highest BCUT2D eigenvalue weighted by molar-refractivity contribution is 5.45. The Bertz CT molecular complexity index is 407. The van der Waals surface area contributed by atoms with E-state index in [1.54, 1.807) is 0 Å². The maximum absolute atomic E-state index is 5.51. The van der Waals surface area contributed by atoms with Crippen molar-refractivity contribution in [1.82, 2.24) is 4.90 Å². The second-order valence-electron chi connectivity index (χ2n) is 5.97. The van der Waals surface area contributed by atoms with Gasteiger partial charge in [-0.25, -0.2) is 0 Å². The molecule has 1 aromatic carbocycles. The molecule has 116 valence electrons. The molecule has 21 heavy (non-hydrogen) atoms. The first-order valence-corrected chi connectivity index (χ1v) is 8.13. The van der Waals surface area contributed by atoms with E-state index < -0.39 is 0 Å². The molecule has 3 rings (SSSR count). The zero-order valence-corrected chi connectivity index (χ0v) is 12.7. The van der Waals surface area contributed by atoms with Gasteiger partial charge in [0.2, 0.25) is 0 Å². The van der Waals surface area contributed by atoms with Gasteiger partial charge in [-0.2, -0.15) is 0 Å². The minimum Gasteiger partial charge on any atom is -0.382 e. The Morgan fingerprint density at radius 2 is 1.71 bits per heavy atom. The molecule has 2 aliphatic rings. The third kappa shape index (κ3) is 4.70. The monoisotopic (exact) mass is 290 g/mol. The van der Waals surface area contributed by atoms with Crippen LogP contribution in [0, 0.1) is 0 Å². The lowest BCUT2D eigenvalue weighted by molar-refractivity contribution is 0.0342. The van der Waals surface area contributed by atoms with Crippen molar-refractivity contribution in [3.63, 3.8) is 0 Å². The lowest BCUT2D eigenvalue weighted by atomic mass is 10.1. The molecule has 2 aliphatic heterocycles. The Kier molecular flexibility index (Phi) is 5.49. The van der Waals surface area contributed by atoms with Crippen LogP contribution < -0.4 is 5.32 Å². The SMILES string of the molecule is c1cc(NC2CCCOCC2)ccc1CN1CCOCC1. The van der Waals surface area contributed by atoms with Gasteiger partial charge in [0.25, 0.3) is 0 Å². The van der Waals surface area contributed by atoms with Crippen LogP contribution in [0.5, 0.6) is 0 Å². The molecule has 1 aromatic rings. The van der Waals surface area contributed by atoms with Crippen molar-refractivity contribution in [3.05, 3.63) is 29.8 Å². The number of nitrogens with zero attached hydrogens (tertiary/aromatic N) is 1. The van der Waals surface area contributed by atoms with Gasteiger partial charge >= 0.3 is 0 Å². The fourth-order valence-corrected chi connectivity index (χ4v) is 3.01. The maximum Gasteiger partial charge on any atom is 0.0594 e. The molecule has 4 nitrogen and oxygen atoms in total. The van der Waals surface area contributed by atoms with Gasteiger partial charge in [-0.05, 0) is 37.0 Å². The molecule has 2 heterocycles. The number of benzene rings is 1. The summed E-state index contributed by atoms with van der Waals surface area (Å²) in [6.07, 6.45) is 3.47. The van der Waals surface area contributed by atoms with Crippen molar-refractivity contribution in [3.8, 4) is 0 Å². The fourth-order valence-electron chi connectivity index (χ4n) is 3.01. The Hall–Kier alpha value is -1.10. The normalized spacial score (nSPS) is 24.5. The first-order valence-electron chi connectivity index (χ1n) is 8.13. The molecule has 2 saturated heterocycles. The molecule has 2 fully saturated rings. The van der Waals surface area contributed by atoms with E-state index >= 15 is 0 Å². The van der Waals surface area contributed by atoms with Gasteiger partial charge in [-0.15, -0.1) is 0 Å². The van der Waals surface area contributed by atoms with Crippen LogP contribution in [-0.2, 0) is 16.0 Å². The van der Waals surface area contributed by atoms with E-state index in [9.17, 15) is 0 Å². The number of hydrogen-bond donors (Lipinski definition) is 1. The van der Waals surface area contributed by atoms with Crippen LogP contribution in [0.2, 0.25) is 0 Å². The molecule has 0 spiro atoms. The standard InChI is InChI=1S/C17H26N2O2/c1-2-16(7-11-20-10-1)18-17-5-3-15(4-6-17)14-19-8-12-21-13-9-19/h3-6,16,18H,1-2,7-14H2. The smallest absolute Gasteiger partial charge is 0.0594 e. The fraction of sp³-hybridized carbons (Fsp3) is 0.647. The van der Waals surface area contributed by atoms with Gasteiger partial charge in [-0.3, -0.25) is 4.90 Å². The molecule has 4 heteroatoms. The predicted octanol–water partition coefficient (Wildman–Crippen LogP) is 2.50. The molecule has 1 N–H and O–H groups in total. The van der Waals surface area contributed by atoms with E-state index in [-0.39, 0.29) is 0 Å². The summed E-state index contributed by atoms with van der Waals surface area (Å²) in [5.74, 6) is 0. The van der Waals surface area contributed by atoms with Gasteiger partial charge < -0.3 is 14.8 Å². The lowest BCUT2D eigenvalue weighted by Crippen LogP contribution is -2.35. The van der Waals surface area contributed by atoms with Gasteiger partial charge in [0.1, 0.15) is 0 Å². The quantitative estimate of drug-likeness (QED) is 0.924. The number of morpholine rings is 1. The summed E-state index contributed by atoms with van der Waals surface area (Å²) in [7, 11) is 0. The number of rotatable bonds is 4. The van der Waals surface area contributed by atoms with Crippen molar-refractivity contribution >= 4 is 5.69 Å². The summed E-state index contributed by atoms with van der Waals surface area (Å²) in [5.41, 5.74) is 2.61. The highest BCUT2D eigenvalue weighted by atomic mass is 16.5. The van der Waals surface area contributed by atoms with Gasteiger partial charge in [0.05, 0.1) is 13.2 Å². The van der Waals surface area contributed by atoms with E-state index in [2.05, 4.69) is 34.5 Å². The van der Waals surface area contributed by atoms with E-state index in [0.29, 0.717) is 6.04 Å². The van der Waals surface area contributed by atoms with Gasteiger partial charge in [0, 0.05) is 44.6 Å². The van der Waals surface area contributed by atoms with Crippen molar-refractivity contribution in [1.29, 1.82) is 0 Å². The molecule has 0 aromatic heterocycles. The second-order valence-corrected chi connectivity index (χ2v) is 5.97. The maximum atomic E-state index is 5.51. The summed E-state index contributed by atoms with van der Waals surface area (Å²) in [4.78, 5) is 2.45. The molecule has 0 amide bonds. The lowest BCUT2D eigenvalue weighted by Gasteiger charge is -2.26. The minimum atomic E-state index is 0.553. The summed E-state index contributed by atoms with van der Waals surface area (Å²) < 4.78 is 10.9. The topological polar surface area (TPSA) is 33.7 Å². The summed E-state index contributed by atoms with van der Waals surface area (Å²) in [6.45, 7) is 6.64. The van der Waals surface area contributed by atoms with Crippen LogP contribution in [0.15, 0.2) is 24.3 Å². The second kappa shape index (κ2) is 7.78. The van der Waals surface area contributed by atoms with E-state index in [1.807, 2.05) is 0 Å². The predicted molar refractivity (Wildman–Crippen MR) is 84.6 cm³/mol. The third-order valence-corrected chi connectivity index (χ3v) is 4.29. The molecule has 1 unspecified atom stereocenters. The number of anilines is 1. The molecule has 0 aliphatic carbocycles. The average Bonchev–Trinajstić information content (AvgIpc) is 2.79. The van der Waals surface area contributed by atoms with Crippen LogP contribution in [-0.4, -0.2) is 50.5 Å². The molecular formula is C17H26N2O2. The van der Waals surface area contributed by atoms with Crippen molar-refractivity contribution < 1.29 is 9.47 Å². The summed E-state index contributed by atoms with van der Waals surface area (Å²) in [6, 6.07) is 9.46. The van der Waals surface area contributed by atoms with E-state index in [1.165, 1.54) is 17.7 Å². The first-order chi connectivity index (χ1) is 10.4. The highest BCUT2D eigenvalue weighted by Crippen LogP contribution is 2.17. The van der Waals surface area contributed by atoms with Crippen LogP contribution in [0.4, 0.5) is 5.69 Å². The van der Waals surface area contributed by atoms with Crippen molar-refractivity contribution in [2.75, 3.05) is 44.8 Å². The number of ether oxygens (including phenoxy) is 2. The van der Waals surface area contributed by atoms with Crippen molar-refractivity contribution in [2.45, 2.75) is 31.8 Å². The number of nitrogens with one attached hydrogen (secondary N) is 1. The van der Waals surface area contributed by atoms with Crippen molar-refractivity contribution in [2.24, 2.45) is 0 Å². The molecule has 0 bridgehead atoms. The van der Waals surface area contributed by atoms with Gasteiger partial charge in [0.15, 0.2) is 0 Å². The Labute approximate surface area is 127 Å². The summed E-state index contributed by atoms with van der Waals surface area (Å²) >= 11 is 0. The zero-order chi connectivity index (χ0) is 14.3. The van der Waals surface area contributed by atoms with E-state index in [0.717, 1.165) is 58.9 Å². The van der Waals surface area contributed by atoms with Crippen LogP contribution in [0.1, 0.15) is 24.8 Å².